The van der Waals surface area contributed by atoms with Crippen LogP contribution in [-0.4, -0.2) is 119 Å². The number of likely N-dealkylation sites (N-methyl/N-ethyl adjacent to an activating group) is 2. The van der Waals surface area contributed by atoms with Gasteiger partial charge < -0.3 is 34.6 Å². The maximum atomic E-state index is 15.9. The molecule has 2 N–H and O–H groups in total. The molecule has 10 atom stereocenters. The summed E-state index contributed by atoms with van der Waals surface area (Å²) in [5.74, 6) is -3.63. The first-order valence-electron chi connectivity index (χ1n) is 16.9. The van der Waals surface area contributed by atoms with Crippen molar-refractivity contribution in [3.63, 3.8) is 0 Å². The lowest BCUT2D eigenvalue weighted by molar-refractivity contribution is -0.167. The molecule has 19 heteroatoms. The van der Waals surface area contributed by atoms with Crippen LogP contribution >= 0.6 is 43.2 Å². The quantitative estimate of drug-likeness (QED) is 0.347. The lowest BCUT2D eigenvalue weighted by Gasteiger charge is -2.58. The fourth-order valence-electron chi connectivity index (χ4n) is 10.7. The second-order valence-corrected chi connectivity index (χ2v) is 20.4. The minimum Gasteiger partial charge on any atom is -0.435 e. The number of hydrogen-bond donors (Lipinski definition) is 2. The number of piperazine rings is 2. The number of nitrogens with one attached hydrogen (secondary N) is 1. The van der Waals surface area contributed by atoms with Crippen molar-refractivity contribution in [3.8, 4) is 0 Å². The highest BCUT2D eigenvalue weighted by atomic mass is 33.1. The molecule has 0 unspecified atom stereocenters. The van der Waals surface area contributed by atoms with E-state index in [1.807, 2.05) is 0 Å². The van der Waals surface area contributed by atoms with E-state index in [1.165, 1.54) is 70.1 Å². The first-order chi connectivity index (χ1) is 25.1. The number of nitrogens with zero attached hydrogens (tertiary/aromatic N) is 4. The van der Waals surface area contributed by atoms with Gasteiger partial charge in [0.1, 0.15) is 23.9 Å². The van der Waals surface area contributed by atoms with Crippen molar-refractivity contribution in [2.45, 2.75) is 81.9 Å². The summed E-state index contributed by atoms with van der Waals surface area (Å²) in [6.45, 7) is 4.65. The average molecular weight is 804 g/mol. The third-order valence-corrected chi connectivity index (χ3v) is 20.4. The minimum absolute atomic E-state index is 0.0120. The van der Waals surface area contributed by atoms with Gasteiger partial charge in [0.2, 0.25) is 9.74 Å². The molecule has 1 aliphatic carbocycles. The molecule has 2 aromatic rings. The summed E-state index contributed by atoms with van der Waals surface area (Å²) in [5.41, 5.74) is -3.00. The van der Waals surface area contributed by atoms with E-state index < -0.39 is 96.1 Å². The zero-order valence-electron chi connectivity index (χ0n) is 28.7. The van der Waals surface area contributed by atoms with E-state index in [4.69, 9.17) is 9.47 Å². The Kier molecular flexibility index (Phi) is 6.48. The highest BCUT2D eigenvalue weighted by Crippen LogP contribution is 2.79. The van der Waals surface area contributed by atoms with Crippen molar-refractivity contribution in [2.24, 2.45) is 0 Å². The number of benzene rings is 2. The number of carbonyl (C=O) groups excluding carboxylic acids is 5. The number of amides is 4. The van der Waals surface area contributed by atoms with Crippen molar-refractivity contribution in [2.75, 3.05) is 26.0 Å². The first-order valence-corrected chi connectivity index (χ1v) is 21.2. The van der Waals surface area contributed by atoms with Gasteiger partial charge in [-0.3, -0.25) is 24.1 Å². The minimum atomic E-state index is -2.08. The zero-order valence-corrected chi connectivity index (χ0v) is 31.9. The number of hydrogen-bond acceptors (Lipinski definition) is 13. The van der Waals surface area contributed by atoms with Gasteiger partial charge in [-0.15, -0.1) is 0 Å². The van der Waals surface area contributed by atoms with Gasteiger partial charge in [0.15, 0.2) is 15.8 Å². The van der Waals surface area contributed by atoms with Gasteiger partial charge in [0, 0.05) is 19.8 Å². The van der Waals surface area contributed by atoms with Crippen molar-refractivity contribution in [1.82, 2.24) is 19.6 Å². The van der Waals surface area contributed by atoms with Gasteiger partial charge in [-0.05, 0) is 95.8 Å². The second kappa shape index (κ2) is 10.1. The molecule has 8 saturated heterocycles. The van der Waals surface area contributed by atoms with E-state index in [-0.39, 0.29) is 24.2 Å². The predicted molar refractivity (Wildman–Crippen MR) is 191 cm³/mol. The SMILES string of the molecule is CCOC(=O)O[C@H]1[C@]2([C@@]34c5cc(F)ccc5C[C@@H]3N3C(=O)[C@]5(C)SS[C@]3(C(=O)N5C)[C@H]4O)c3cc(F)ccc3N[C@@H]2N2C(=O)[C@]3(C)SS[C@]12C(=O)N3C. The van der Waals surface area contributed by atoms with E-state index in [9.17, 15) is 19.5 Å². The molecular formula is C34H31F2N5O8S4. The predicted octanol–water partition coefficient (Wildman–Crippen LogP) is 2.96. The molecule has 0 saturated carbocycles. The number of fused-ring (bicyclic) bond motifs is 11. The highest BCUT2D eigenvalue weighted by molar-refractivity contribution is 8.78. The number of aliphatic hydroxyl groups excluding tert-OH is 1. The number of anilines is 1. The number of halogens is 2. The Hall–Kier alpha value is -3.39. The number of carbonyl (C=O) groups is 5. The molecule has 2 aromatic carbocycles. The molecular weight excluding hydrogens is 773 g/mol. The Morgan fingerprint density at radius 1 is 0.849 bits per heavy atom. The summed E-state index contributed by atoms with van der Waals surface area (Å²) in [5, 5.41) is 16.9. The normalized spacial score (nSPS) is 42.3. The van der Waals surface area contributed by atoms with Gasteiger partial charge in [0.05, 0.1) is 23.5 Å². The Labute approximate surface area is 317 Å². The summed E-state index contributed by atoms with van der Waals surface area (Å²) in [6, 6.07) is 6.72. The molecule has 0 aromatic heterocycles. The van der Waals surface area contributed by atoms with Crippen LogP contribution in [0.2, 0.25) is 0 Å². The Morgan fingerprint density at radius 2 is 1.43 bits per heavy atom. The first kappa shape index (κ1) is 34.1. The average Bonchev–Trinajstić information content (AvgIpc) is 3.77. The molecule has 9 aliphatic heterocycles. The van der Waals surface area contributed by atoms with Gasteiger partial charge in [0.25, 0.3) is 23.6 Å². The third-order valence-electron chi connectivity index (χ3n) is 13.0. The Bertz CT molecular complexity index is 2170. The summed E-state index contributed by atoms with van der Waals surface area (Å²) >= 11 is 0. The topological polar surface area (TPSA) is 149 Å². The van der Waals surface area contributed by atoms with Crippen molar-refractivity contribution >= 4 is 78.6 Å². The van der Waals surface area contributed by atoms with Crippen LogP contribution in [0.3, 0.4) is 0 Å². The van der Waals surface area contributed by atoms with E-state index in [1.54, 1.807) is 20.8 Å². The largest absolute Gasteiger partial charge is 0.508 e. The molecule has 278 valence electrons. The van der Waals surface area contributed by atoms with Crippen LogP contribution in [0.5, 0.6) is 0 Å². The van der Waals surface area contributed by atoms with Gasteiger partial charge >= 0.3 is 6.16 Å². The van der Waals surface area contributed by atoms with Gasteiger partial charge in [-0.1, -0.05) is 27.7 Å². The van der Waals surface area contributed by atoms with E-state index >= 15 is 18.4 Å². The summed E-state index contributed by atoms with van der Waals surface area (Å²) in [6.07, 6.45) is -6.23. The zero-order chi connectivity index (χ0) is 37.6. The molecule has 13 nitrogen and oxygen atoms in total. The number of ether oxygens (including phenoxy) is 2. The van der Waals surface area contributed by atoms with Gasteiger partial charge in [-0.2, -0.15) is 0 Å². The third kappa shape index (κ3) is 3.24. The summed E-state index contributed by atoms with van der Waals surface area (Å²) < 4.78 is 43.5. The van der Waals surface area contributed by atoms with E-state index in [0.29, 0.717) is 11.3 Å². The summed E-state index contributed by atoms with van der Waals surface area (Å²) in [4.78, 5) is 71.9. The molecule has 8 fully saturated rings. The van der Waals surface area contributed by atoms with Crippen molar-refractivity contribution in [1.29, 1.82) is 0 Å². The van der Waals surface area contributed by atoms with Crippen LogP contribution in [0, 0.1) is 11.6 Å². The standard InChI is InChI=1S/C34H31F2N5O8S4/c1-6-48-28(47)49-22-32(18-13-16(36)9-10-19(18)37-23(32)41-25(44)30(3)39(5)27(46)34(22,41)53-51-30)31-17-12-15(35)8-7-14(17)11-20(31)40-24(43)29(2)38(4)26(45)33(40,21(31)42)52-50-29/h7-10,12-13,20-23,37,42H,6,11H2,1-5H3/t20-,21-,22-,23+,29-,30-,31-,32+,33-,34-/m0/s1. The van der Waals surface area contributed by atoms with Crippen LogP contribution in [0.1, 0.15) is 37.5 Å². The molecule has 4 amide bonds. The maximum absolute atomic E-state index is 15.9. The lowest BCUT2D eigenvalue weighted by Crippen LogP contribution is -2.77. The van der Waals surface area contributed by atoms with Crippen LogP contribution in [0.15, 0.2) is 36.4 Å². The Balaban J connectivity index is 1.39. The van der Waals surface area contributed by atoms with Crippen molar-refractivity contribution in [3.05, 3.63) is 64.7 Å². The van der Waals surface area contributed by atoms with Crippen LogP contribution in [0.4, 0.5) is 19.3 Å². The monoisotopic (exact) mass is 803 g/mol. The maximum Gasteiger partial charge on any atom is 0.508 e. The molecule has 2 spiro atoms. The lowest BCUT2D eigenvalue weighted by atomic mass is 9.51. The van der Waals surface area contributed by atoms with E-state index in [2.05, 4.69) is 5.32 Å². The molecule has 9 heterocycles. The molecule has 12 rings (SSSR count). The molecule has 53 heavy (non-hydrogen) atoms. The molecule has 4 bridgehead atoms. The summed E-state index contributed by atoms with van der Waals surface area (Å²) in [7, 11) is 7.19. The molecule has 10 aliphatic rings. The highest BCUT2D eigenvalue weighted by Gasteiger charge is 2.93. The van der Waals surface area contributed by atoms with Crippen LogP contribution < -0.4 is 5.32 Å². The number of rotatable bonds is 3. The fraction of sp³-hybridized carbons (Fsp3) is 0.500. The van der Waals surface area contributed by atoms with Gasteiger partial charge in [-0.25, -0.2) is 13.6 Å². The smallest absolute Gasteiger partial charge is 0.435 e. The van der Waals surface area contributed by atoms with Crippen LogP contribution in [0.25, 0.3) is 0 Å². The molecule has 0 radical (unpaired) electrons. The Morgan fingerprint density at radius 3 is 2.09 bits per heavy atom. The number of aliphatic hydroxyl groups is 1. The fourth-order valence-corrected chi connectivity index (χ4v) is 17.8. The van der Waals surface area contributed by atoms with Crippen molar-refractivity contribution < 1.29 is 47.3 Å². The van der Waals surface area contributed by atoms with Crippen LogP contribution in [-0.2, 0) is 45.9 Å². The van der Waals surface area contributed by atoms with E-state index in [0.717, 1.165) is 43.2 Å². The second-order valence-electron chi connectivity index (χ2n) is 14.9.